The zero-order valence-corrected chi connectivity index (χ0v) is 17.6. The quantitative estimate of drug-likeness (QED) is 0.460. The van der Waals surface area contributed by atoms with Gasteiger partial charge in [-0.25, -0.2) is 15.0 Å². The highest BCUT2D eigenvalue weighted by Gasteiger charge is 2.49. The molecule has 0 spiro atoms. The molecule has 3 heterocycles. The summed E-state index contributed by atoms with van der Waals surface area (Å²) in [5, 5.41) is 14.5. The second-order valence-corrected chi connectivity index (χ2v) is 8.94. The standard InChI is InChI=1S/C25H22N6O/c1-24(32)14-25(26,15-24)18-9-7-17(8-10-18)22-21(16-5-3-2-4-6-16)29-19-13-27-20-11-12-28-31(20)23(19)30-22/h2-13,32H,14-15,26H2,1H3/t24-,25-. The van der Waals surface area contributed by atoms with Gasteiger partial charge in [0.05, 0.1) is 29.4 Å². The Morgan fingerprint density at radius 1 is 0.906 bits per heavy atom. The van der Waals surface area contributed by atoms with Crippen molar-refractivity contribution in [3.63, 3.8) is 0 Å². The van der Waals surface area contributed by atoms with Crippen LogP contribution in [0.5, 0.6) is 0 Å². The summed E-state index contributed by atoms with van der Waals surface area (Å²) in [6.07, 6.45) is 4.54. The zero-order chi connectivity index (χ0) is 21.9. The molecule has 7 nitrogen and oxygen atoms in total. The molecule has 2 aromatic carbocycles. The van der Waals surface area contributed by atoms with Gasteiger partial charge in [-0.2, -0.15) is 9.61 Å². The fourth-order valence-electron chi connectivity index (χ4n) is 4.84. The monoisotopic (exact) mass is 422 g/mol. The summed E-state index contributed by atoms with van der Waals surface area (Å²) >= 11 is 0. The first kappa shape index (κ1) is 19.0. The van der Waals surface area contributed by atoms with Crippen molar-refractivity contribution in [3.8, 4) is 22.5 Å². The van der Waals surface area contributed by atoms with Crippen molar-refractivity contribution in [1.82, 2.24) is 24.6 Å². The number of nitrogens with two attached hydrogens (primary N) is 1. The van der Waals surface area contributed by atoms with Gasteiger partial charge in [0, 0.05) is 22.7 Å². The fraction of sp³-hybridized carbons (Fsp3) is 0.200. The maximum absolute atomic E-state index is 10.2. The Morgan fingerprint density at radius 2 is 1.59 bits per heavy atom. The summed E-state index contributed by atoms with van der Waals surface area (Å²) in [6.45, 7) is 1.83. The van der Waals surface area contributed by atoms with Gasteiger partial charge >= 0.3 is 0 Å². The minimum Gasteiger partial charge on any atom is -0.390 e. The van der Waals surface area contributed by atoms with Crippen molar-refractivity contribution >= 4 is 16.8 Å². The van der Waals surface area contributed by atoms with Gasteiger partial charge in [-0.05, 0) is 25.3 Å². The lowest BCUT2D eigenvalue weighted by Gasteiger charge is -2.49. The van der Waals surface area contributed by atoms with Gasteiger partial charge in [-0.1, -0.05) is 54.6 Å². The first-order valence-corrected chi connectivity index (χ1v) is 10.6. The molecule has 0 saturated heterocycles. The molecular formula is C25H22N6O. The van der Waals surface area contributed by atoms with Crippen LogP contribution in [0.15, 0.2) is 73.1 Å². The average Bonchev–Trinajstić information content (AvgIpc) is 3.27. The van der Waals surface area contributed by atoms with Gasteiger partial charge in [0.1, 0.15) is 5.52 Å². The van der Waals surface area contributed by atoms with Crippen molar-refractivity contribution in [2.75, 3.05) is 0 Å². The molecule has 32 heavy (non-hydrogen) atoms. The first-order valence-electron chi connectivity index (χ1n) is 10.6. The number of fused-ring (bicyclic) bond motifs is 3. The van der Waals surface area contributed by atoms with Crippen LogP contribution in [0.2, 0.25) is 0 Å². The Kier molecular flexibility index (Phi) is 3.96. The van der Waals surface area contributed by atoms with E-state index in [0.717, 1.165) is 33.7 Å². The van der Waals surface area contributed by atoms with E-state index in [2.05, 4.69) is 10.1 Å². The third-order valence-corrected chi connectivity index (χ3v) is 6.22. The first-order chi connectivity index (χ1) is 15.4. The highest BCUT2D eigenvalue weighted by Crippen LogP contribution is 2.46. The average molecular weight is 422 g/mol. The predicted molar refractivity (Wildman–Crippen MR) is 123 cm³/mol. The van der Waals surface area contributed by atoms with E-state index >= 15 is 0 Å². The van der Waals surface area contributed by atoms with Crippen LogP contribution in [0.4, 0.5) is 0 Å². The van der Waals surface area contributed by atoms with E-state index < -0.39 is 11.1 Å². The van der Waals surface area contributed by atoms with Crippen LogP contribution in [-0.2, 0) is 5.54 Å². The van der Waals surface area contributed by atoms with Crippen molar-refractivity contribution in [2.45, 2.75) is 30.9 Å². The molecule has 0 amide bonds. The van der Waals surface area contributed by atoms with Gasteiger partial charge in [0.2, 0.25) is 0 Å². The Labute approximate surface area is 184 Å². The predicted octanol–water partition coefficient (Wildman–Crippen LogP) is 3.71. The molecule has 7 heteroatoms. The summed E-state index contributed by atoms with van der Waals surface area (Å²) < 4.78 is 1.71. The summed E-state index contributed by atoms with van der Waals surface area (Å²) in [5.41, 5.74) is 11.9. The summed E-state index contributed by atoms with van der Waals surface area (Å²) in [5.74, 6) is 0. The van der Waals surface area contributed by atoms with E-state index in [9.17, 15) is 5.11 Å². The minimum absolute atomic E-state index is 0.494. The lowest BCUT2D eigenvalue weighted by atomic mass is 9.63. The molecule has 0 bridgehead atoms. The normalized spacial score (nSPS) is 22.8. The third-order valence-electron chi connectivity index (χ3n) is 6.22. The molecule has 1 aliphatic carbocycles. The van der Waals surface area contributed by atoms with Crippen molar-refractivity contribution in [1.29, 1.82) is 0 Å². The van der Waals surface area contributed by atoms with Gasteiger partial charge in [-0.15, -0.1) is 0 Å². The number of hydrogen-bond acceptors (Lipinski definition) is 6. The number of rotatable bonds is 3. The largest absolute Gasteiger partial charge is 0.390 e. The number of aromatic nitrogens is 5. The van der Waals surface area contributed by atoms with Crippen molar-refractivity contribution < 1.29 is 5.11 Å². The van der Waals surface area contributed by atoms with E-state index in [0.29, 0.717) is 24.0 Å². The number of nitrogens with zero attached hydrogens (tertiary/aromatic N) is 5. The van der Waals surface area contributed by atoms with Gasteiger partial charge in [0.15, 0.2) is 11.3 Å². The van der Waals surface area contributed by atoms with Gasteiger partial charge in [0.25, 0.3) is 0 Å². The second kappa shape index (κ2) is 6.66. The van der Waals surface area contributed by atoms with Crippen LogP contribution >= 0.6 is 0 Å². The maximum Gasteiger partial charge on any atom is 0.184 e. The molecule has 158 valence electrons. The Bertz CT molecular complexity index is 1450. The molecule has 1 aliphatic rings. The Morgan fingerprint density at radius 3 is 2.31 bits per heavy atom. The smallest absolute Gasteiger partial charge is 0.184 e. The van der Waals surface area contributed by atoms with Crippen molar-refractivity contribution in [3.05, 3.63) is 78.6 Å². The molecule has 0 aliphatic heterocycles. The molecule has 1 saturated carbocycles. The zero-order valence-electron chi connectivity index (χ0n) is 17.6. The van der Waals surface area contributed by atoms with Crippen LogP contribution in [0.25, 0.3) is 39.3 Å². The highest BCUT2D eigenvalue weighted by molar-refractivity contribution is 5.85. The Balaban J connectivity index is 1.52. The van der Waals surface area contributed by atoms with Crippen LogP contribution in [-0.4, -0.2) is 35.3 Å². The van der Waals surface area contributed by atoms with Crippen LogP contribution < -0.4 is 5.73 Å². The van der Waals surface area contributed by atoms with Crippen LogP contribution in [0.1, 0.15) is 25.3 Å². The molecule has 3 aromatic heterocycles. The minimum atomic E-state index is -0.694. The highest BCUT2D eigenvalue weighted by atomic mass is 16.3. The molecule has 1 fully saturated rings. The maximum atomic E-state index is 10.2. The third kappa shape index (κ3) is 2.97. The molecular weight excluding hydrogens is 400 g/mol. The van der Waals surface area contributed by atoms with E-state index in [-0.39, 0.29) is 0 Å². The SMILES string of the molecule is C[C@]1(O)C[C@@](N)(c2ccc(-c3nc4c(cnc5ccnn54)nc3-c3ccccc3)cc2)C1. The molecule has 0 unspecified atom stereocenters. The van der Waals surface area contributed by atoms with Gasteiger partial charge in [-0.3, -0.25) is 0 Å². The fourth-order valence-corrected chi connectivity index (χ4v) is 4.84. The molecule has 0 radical (unpaired) electrons. The molecule has 5 aromatic rings. The van der Waals surface area contributed by atoms with E-state index in [1.807, 2.05) is 67.6 Å². The lowest BCUT2D eigenvalue weighted by molar-refractivity contribution is -0.0738. The van der Waals surface area contributed by atoms with E-state index in [1.54, 1.807) is 16.9 Å². The molecule has 0 atom stereocenters. The van der Waals surface area contributed by atoms with Crippen LogP contribution in [0.3, 0.4) is 0 Å². The van der Waals surface area contributed by atoms with Gasteiger partial charge < -0.3 is 10.8 Å². The summed E-state index contributed by atoms with van der Waals surface area (Å²) in [7, 11) is 0. The van der Waals surface area contributed by atoms with Crippen LogP contribution in [0, 0.1) is 0 Å². The van der Waals surface area contributed by atoms with E-state index in [1.165, 1.54) is 0 Å². The summed E-state index contributed by atoms with van der Waals surface area (Å²) in [6, 6.07) is 20.0. The lowest BCUT2D eigenvalue weighted by Crippen LogP contribution is -2.58. The van der Waals surface area contributed by atoms with E-state index in [4.69, 9.17) is 15.7 Å². The number of hydrogen-bond donors (Lipinski definition) is 2. The topological polar surface area (TPSA) is 102 Å². The van der Waals surface area contributed by atoms with Crippen molar-refractivity contribution in [2.24, 2.45) is 5.73 Å². The molecule has 3 N–H and O–H groups in total. The molecule has 6 rings (SSSR count). The Hall–Kier alpha value is -3.68. The summed E-state index contributed by atoms with van der Waals surface area (Å²) in [4.78, 5) is 14.4. The number of benzene rings is 2. The second-order valence-electron chi connectivity index (χ2n) is 8.94. The number of aliphatic hydroxyl groups is 1.